The van der Waals surface area contributed by atoms with Crippen molar-refractivity contribution in [2.45, 2.75) is 45.5 Å². The van der Waals surface area contributed by atoms with Crippen LogP contribution < -0.4 is 0 Å². The molecule has 3 nitrogen and oxygen atoms in total. The predicted octanol–water partition coefficient (Wildman–Crippen LogP) is 1.31. The number of hydrogen-bond acceptors (Lipinski definition) is 3. The first-order valence-corrected chi connectivity index (χ1v) is 7.63. The summed E-state index contributed by atoms with van der Waals surface area (Å²) in [5.41, 5.74) is 0.0758. The Morgan fingerprint density at radius 2 is 1.92 bits per heavy atom. The highest BCUT2D eigenvalue weighted by atomic mass is 28.3. The first-order valence-electron chi connectivity index (χ1n) is 4.66. The van der Waals surface area contributed by atoms with Gasteiger partial charge in [-0.15, -0.1) is 0 Å². The van der Waals surface area contributed by atoms with Gasteiger partial charge >= 0.3 is 5.97 Å². The monoisotopic (exact) mass is 202 g/mol. The fourth-order valence-corrected chi connectivity index (χ4v) is 2.47. The summed E-state index contributed by atoms with van der Waals surface area (Å²) in [6, 6.07) is 0. The van der Waals surface area contributed by atoms with Crippen LogP contribution in [0.15, 0.2) is 0 Å². The average Bonchev–Trinajstić information content (AvgIpc) is 1.98. The average molecular weight is 202 g/mol. The van der Waals surface area contributed by atoms with Gasteiger partial charge in [0, 0.05) is 0 Å². The number of carbonyl (C=O) groups is 2. The van der Waals surface area contributed by atoms with Crippen LogP contribution in [0.25, 0.3) is 0 Å². The largest absolute Gasteiger partial charge is 0.466 e. The molecule has 0 bridgehead atoms. The van der Waals surface area contributed by atoms with Crippen molar-refractivity contribution in [1.82, 2.24) is 0 Å². The lowest BCUT2D eigenvalue weighted by Crippen LogP contribution is -2.30. The Morgan fingerprint density at radius 1 is 1.38 bits per heavy atom. The van der Waals surface area contributed by atoms with Gasteiger partial charge in [0.2, 0.25) is 0 Å². The smallest absolute Gasteiger partial charge is 0.313 e. The van der Waals surface area contributed by atoms with Gasteiger partial charge in [-0.25, -0.2) is 0 Å². The van der Waals surface area contributed by atoms with Crippen LogP contribution in [0.1, 0.15) is 26.7 Å². The number of esters is 1. The number of ether oxygens (including phenoxy) is 1. The fourth-order valence-electron chi connectivity index (χ4n) is 1.10. The molecule has 0 radical (unpaired) electrons. The Hall–Kier alpha value is -0.643. The first kappa shape index (κ1) is 12.4. The van der Waals surface area contributed by atoms with E-state index in [0.717, 1.165) is 6.42 Å². The zero-order chi connectivity index (χ0) is 10.4. The van der Waals surface area contributed by atoms with Crippen molar-refractivity contribution < 1.29 is 14.3 Å². The van der Waals surface area contributed by atoms with E-state index in [2.05, 4.69) is 13.1 Å². The SMILES string of the molecule is CCC(OC(=O)CC(C)=O)[SiH](C)C. The lowest BCUT2D eigenvalue weighted by Gasteiger charge is -2.18. The zero-order valence-corrected chi connectivity index (χ0v) is 9.95. The van der Waals surface area contributed by atoms with Gasteiger partial charge in [-0.1, -0.05) is 20.0 Å². The van der Waals surface area contributed by atoms with Crippen LogP contribution >= 0.6 is 0 Å². The maximum absolute atomic E-state index is 11.1. The van der Waals surface area contributed by atoms with Crippen molar-refractivity contribution in [3.63, 3.8) is 0 Å². The molecule has 76 valence electrons. The highest BCUT2D eigenvalue weighted by molar-refractivity contribution is 6.57. The quantitative estimate of drug-likeness (QED) is 0.383. The van der Waals surface area contributed by atoms with Crippen LogP contribution in [-0.2, 0) is 14.3 Å². The third kappa shape index (κ3) is 5.57. The number of ketones is 1. The van der Waals surface area contributed by atoms with Crippen molar-refractivity contribution in [2.75, 3.05) is 0 Å². The molecular formula is C9H18O3Si. The van der Waals surface area contributed by atoms with Gasteiger partial charge < -0.3 is 4.74 Å². The molecule has 0 aromatic carbocycles. The summed E-state index contributed by atoms with van der Waals surface area (Å²) in [6.07, 6.45) is 0.769. The number of rotatable bonds is 5. The Labute approximate surface area is 81.1 Å². The molecule has 0 saturated heterocycles. The van der Waals surface area contributed by atoms with E-state index < -0.39 is 8.80 Å². The second-order valence-corrected chi connectivity index (χ2v) is 6.79. The van der Waals surface area contributed by atoms with Gasteiger partial charge in [-0.05, 0) is 13.3 Å². The summed E-state index contributed by atoms with van der Waals surface area (Å²) in [5, 5.41) is 0. The minimum absolute atomic E-state index is 0.0758. The summed E-state index contributed by atoms with van der Waals surface area (Å²) in [5.74, 6) is -0.508. The van der Waals surface area contributed by atoms with Crippen LogP contribution in [0, 0.1) is 0 Å². The Kier molecular flexibility index (Phi) is 5.62. The number of carbonyl (C=O) groups excluding carboxylic acids is 2. The molecule has 4 heteroatoms. The van der Waals surface area contributed by atoms with E-state index in [4.69, 9.17) is 4.74 Å². The van der Waals surface area contributed by atoms with Crippen LogP contribution in [0.2, 0.25) is 13.1 Å². The minimum atomic E-state index is -0.941. The van der Waals surface area contributed by atoms with Crippen molar-refractivity contribution >= 4 is 20.5 Å². The Bertz CT molecular complexity index is 189. The Morgan fingerprint density at radius 3 is 2.23 bits per heavy atom. The van der Waals surface area contributed by atoms with Crippen LogP contribution in [0.3, 0.4) is 0 Å². The molecule has 0 N–H and O–H groups in total. The zero-order valence-electron chi connectivity index (χ0n) is 8.79. The van der Waals surface area contributed by atoms with E-state index in [-0.39, 0.29) is 23.9 Å². The third-order valence-electron chi connectivity index (χ3n) is 1.82. The second kappa shape index (κ2) is 5.91. The van der Waals surface area contributed by atoms with E-state index in [0.29, 0.717) is 0 Å². The van der Waals surface area contributed by atoms with Gasteiger partial charge in [0.15, 0.2) is 0 Å². The lowest BCUT2D eigenvalue weighted by molar-refractivity contribution is -0.147. The summed E-state index contributed by atoms with van der Waals surface area (Å²) >= 11 is 0. The summed E-state index contributed by atoms with van der Waals surface area (Å²) in [7, 11) is -0.941. The van der Waals surface area contributed by atoms with Gasteiger partial charge in [-0.2, -0.15) is 0 Å². The molecule has 0 aromatic rings. The molecule has 13 heavy (non-hydrogen) atoms. The van der Waals surface area contributed by atoms with Gasteiger partial charge in [0.25, 0.3) is 0 Å². The predicted molar refractivity (Wildman–Crippen MR) is 54.3 cm³/mol. The maximum Gasteiger partial charge on any atom is 0.313 e. The highest BCUT2D eigenvalue weighted by Crippen LogP contribution is 2.04. The lowest BCUT2D eigenvalue weighted by atomic mass is 10.3. The van der Waals surface area contributed by atoms with E-state index in [1.807, 2.05) is 6.92 Å². The normalized spacial score (nSPS) is 12.7. The molecule has 1 atom stereocenters. The van der Waals surface area contributed by atoms with E-state index in [1.165, 1.54) is 6.92 Å². The molecule has 0 spiro atoms. The molecule has 0 aliphatic rings. The molecular weight excluding hydrogens is 184 g/mol. The van der Waals surface area contributed by atoms with Crippen LogP contribution in [0.4, 0.5) is 0 Å². The molecule has 0 rings (SSSR count). The van der Waals surface area contributed by atoms with E-state index in [9.17, 15) is 9.59 Å². The van der Waals surface area contributed by atoms with Gasteiger partial charge in [0.05, 0.1) is 14.5 Å². The molecule has 0 saturated carbocycles. The molecule has 0 aromatic heterocycles. The number of hydrogen-bond donors (Lipinski definition) is 0. The van der Waals surface area contributed by atoms with Crippen molar-refractivity contribution in [1.29, 1.82) is 0 Å². The topological polar surface area (TPSA) is 43.4 Å². The minimum Gasteiger partial charge on any atom is -0.466 e. The third-order valence-corrected chi connectivity index (χ3v) is 3.92. The van der Waals surface area contributed by atoms with E-state index >= 15 is 0 Å². The molecule has 0 fully saturated rings. The van der Waals surface area contributed by atoms with Crippen LogP contribution in [-0.4, -0.2) is 26.3 Å². The van der Waals surface area contributed by atoms with E-state index in [1.54, 1.807) is 0 Å². The van der Waals surface area contributed by atoms with Crippen LogP contribution in [0.5, 0.6) is 0 Å². The maximum atomic E-state index is 11.1. The fraction of sp³-hybridized carbons (Fsp3) is 0.778. The summed E-state index contributed by atoms with van der Waals surface area (Å²) in [6.45, 7) is 7.66. The van der Waals surface area contributed by atoms with Crippen molar-refractivity contribution in [2.24, 2.45) is 0 Å². The molecule has 0 heterocycles. The van der Waals surface area contributed by atoms with Crippen molar-refractivity contribution in [3.05, 3.63) is 0 Å². The molecule has 0 aliphatic heterocycles. The van der Waals surface area contributed by atoms with Crippen molar-refractivity contribution in [3.8, 4) is 0 Å². The molecule has 0 amide bonds. The second-order valence-electron chi connectivity index (χ2n) is 3.56. The standard InChI is InChI=1S/C9H18O3Si/c1-5-9(13(3)4)12-8(11)6-7(2)10/h9,13H,5-6H2,1-4H3. The summed E-state index contributed by atoms with van der Waals surface area (Å²) < 4.78 is 5.17. The highest BCUT2D eigenvalue weighted by Gasteiger charge is 2.17. The molecule has 0 aliphatic carbocycles. The van der Waals surface area contributed by atoms with Gasteiger partial charge in [0.1, 0.15) is 12.2 Å². The number of Topliss-reactive ketones (excluding diaryl/α,β-unsaturated/α-hetero) is 1. The molecule has 1 unspecified atom stereocenters. The first-order chi connectivity index (χ1) is 5.97. The summed E-state index contributed by atoms with van der Waals surface area (Å²) in [4.78, 5) is 21.7. The Balaban J connectivity index is 3.94. The van der Waals surface area contributed by atoms with Gasteiger partial charge in [-0.3, -0.25) is 9.59 Å².